The second-order valence-electron chi connectivity index (χ2n) is 5.20. The van der Waals surface area contributed by atoms with Gasteiger partial charge in [-0.3, -0.25) is 0 Å². The number of piperidine rings is 1. The molecule has 3 rings (SSSR count). The summed E-state index contributed by atoms with van der Waals surface area (Å²) in [6.07, 6.45) is 0.171. The zero-order valence-corrected chi connectivity index (χ0v) is 11.1. The maximum atomic E-state index is 10.8. The second kappa shape index (κ2) is 4.20. The van der Waals surface area contributed by atoms with E-state index in [1.165, 1.54) is 0 Å². The predicted octanol–water partition coefficient (Wildman–Crippen LogP) is 1.20. The first kappa shape index (κ1) is 11.9. The van der Waals surface area contributed by atoms with E-state index in [4.69, 9.17) is 5.11 Å². The monoisotopic (exact) mass is 267 g/mol. The number of fused-ring (bicyclic) bond motifs is 1. The average Bonchev–Trinajstić information content (AvgIpc) is 2.81. The van der Waals surface area contributed by atoms with E-state index in [1.54, 1.807) is 11.3 Å². The zero-order chi connectivity index (χ0) is 12.8. The number of nitrogens with zero attached hydrogens (tertiary/aromatic N) is 1. The van der Waals surface area contributed by atoms with Crippen molar-refractivity contribution in [3.8, 4) is 0 Å². The Morgan fingerprint density at radius 3 is 3.11 bits per heavy atom. The molecule has 2 fully saturated rings. The van der Waals surface area contributed by atoms with Crippen molar-refractivity contribution in [3.63, 3.8) is 0 Å². The van der Waals surface area contributed by atoms with Gasteiger partial charge in [-0.15, -0.1) is 11.3 Å². The van der Waals surface area contributed by atoms with Crippen LogP contribution in [0, 0.1) is 18.8 Å². The van der Waals surface area contributed by atoms with Crippen LogP contribution in [0.5, 0.6) is 0 Å². The third-order valence-electron chi connectivity index (χ3n) is 4.25. The molecule has 1 saturated carbocycles. The quantitative estimate of drug-likeness (QED) is 0.769. The second-order valence-corrected chi connectivity index (χ2v) is 6.06. The summed E-state index contributed by atoms with van der Waals surface area (Å²) in [5.74, 6) is 1.11. The molecule has 0 unspecified atom stereocenters. The van der Waals surface area contributed by atoms with Crippen LogP contribution in [-0.2, 0) is 5.41 Å². The summed E-state index contributed by atoms with van der Waals surface area (Å²) >= 11 is 1.66. The number of aromatic nitrogens is 1. The predicted molar refractivity (Wildman–Crippen MR) is 69.0 cm³/mol. The summed E-state index contributed by atoms with van der Waals surface area (Å²) in [4.78, 5) is 15.4. The fourth-order valence-electron chi connectivity index (χ4n) is 3.35. The van der Waals surface area contributed by atoms with Crippen LogP contribution in [0.4, 0.5) is 4.79 Å². The summed E-state index contributed by atoms with van der Waals surface area (Å²) < 4.78 is 0. The van der Waals surface area contributed by atoms with Gasteiger partial charge in [0.2, 0.25) is 0 Å². The number of amides is 1. The molecule has 0 aromatic carbocycles. The minimum absolute atomic E-state index is 0.0547. The molecule has 1 amide bonds. The molecule has 6 heteroatoms. The van der Waals surface area contributed by atoms with Gasteiger partial charge < -0.3 is 15.7 Å². The van der Waals surface area contributed by atoms with Gasteiger partial charge in [0.15, 0.2) is 0 Å². The zero-order valence-electron chi connectivity index (χ0n) is 10.3. The SMILES string of the molecule is Cc1csc([C@@]2(CNC(=O)O)[C@@H]3CCNC[C@@H]32)n1. The molecule has 1 aliphatic heterocycles. The molecule has 1 aliphatic carbocycles. The summed E-state index contributed by atoms with van der Waals surface area (Å²) in [6.45, 7) is 4.49. The van der Waals surface area contributed by atoms with Crippen molar-refractivity contribution in [1.29, 1.82) is 0 Å². The lowest BCUT2D eigenvalue weighted by atomic mass is 10.0. The lowest BCUT2D eigenvalue weighted by Crippen LogP contribution is -2.33. The third kappa shape index (κ3) is 1.71. The van der Waals surface area contributed by atoms with Gasteiger partial charge in [0.05, 0.1) is 0 Å². The van der Waals surface area contributed by atoms with E-state index < -0.39 is 6.09 Å². The summed E-state index contributed by atoms with van der Waals surface area (Å²) in [5.41, 5.74) is 0.974. The summed E-state index contributed by atoms with van der Waals surface area (Å²) in [7, 11) is 0. The highest BCUT2D eigenvalue weighted by molar-refractivity contribution is 7.09. The van der Waals surface area contributed by atoms with E-state index in [1.807, 2.05) is 6.92 Å². The molecule has 3 atom stereocenters. The number of aryl methyl sites for hydroxylation is 1. The van der Waals surface area contributed by atoms with Crippen LogP contribution >= 0.6 is 11.3 Å². The Hall–Kier alpha value is -1.14. The largest absolute Gasteiger partial charge is 0.465 e. The van der Waals surface area contributed by atoms with Crippen molar-refractivity contribution in [3.05, 3.63) is 16.1 Å². The lowest BCUT2D eigenvalue weighted by molar-refractivity contribution is 0.193. The maximum absolute atomic E-state index is 10.8. The summed E-state index contributed by atoms with van der Waals surface area (Å²) in [6, 6.07) is 0. The average molecular weight is 267 g/mol. The highest BCUT2D eigenvalue weighted by Gasteiger charge is 2.66. The number of hydrogen-bond acceptors (Lipinski definition) is 4. The molecule has 0 bridgehead atoms. The van der Waals surface area contributed by atoms with Gasteiger partial charge >= 0.3 is 6.09 Å². The van der Waals surface area contributed by atoms with Crippen LogP contribution in [0.2, 0.25) is 0 Å². The Balaban J connectivity index is 1.87. The third-order valence-corrected chi connectivity index (χ3v) is 5.40. The van der Waals surface area contributed by atoms with Gasteiger partial charge in [-0.1, -0.05) is 0 Å². The minimum atomic E-state index is -0.945. The van der Waals surface area contributed by atoms with Crippen LogP contribution in [-0.4, -0.2) is 35.8 Å². The number of thiazole rings is 1. The maximum Gasteiger partial charge on any atom is 0.404 e. The van der Waals surface area contributed by atoms with E-state index in [-0.39, 0.29) is 5.41 Å². The van der Waals surface area contributed by atoms with Crippen LogP contribution in [0.25, 0.3) is 0 Å². The molecule has 0 radical (unpaired) electrons. The van der Waals surface area contributed by atoms with Crippen LogP contribution in [0.1, 0.15) is 17.1 Å². The topological polar surface area (TPSA) is 74.2 Å². The van der Waals surface area contributed by atoms with Gasteiger partial charge in [-0.2, -0.15) is 0 Å². The van der Waals surface area contributed by atoms with Crippen molar-refractivity contribution in [2.75, 3.05) is 19.6 Å². The molecule has 5 nitrogen and oxygen atoms in total. The Labute approximate surface area is 110 Å². The smallest absolute Gasteiger partial charge is 0.404 e. The molecule has 2 heterocycles. The highest BCUT2D eigenvalue weighted by Crippen LogP contribution is 2.62. The first-order valence-corrected chi connectivity index (χ1v) is 7.12. The molecule has 1 aromatic heterocycles. The molecule has 0 spiro atoms. The van der Waals surface area contributed by atoms with Crippen molar-refractivity contribution in [2.24, 2.45) is 11.8 Å². The Morgan fingerprint density at radius 2 is 2.56 bits per heavy atom. The van der Waals surface area contributed by atoms with Gasteiger partial charge in [0.25, 0.3) is 0 Å². The lowest BCUT2D eigenvalue weighted by Gasteiger charge is -2.14. The normalized spacial score (nSPS) is 33.8. The fraction of sp³-hybridized carbons (Fsp3) is 0.667. The number of carboxylic acid groups (broad SMARTS) is 1. The standard InChI is InChI=1S/C12H17N3O2S/c1-7-5-18-10(15-7)12(6-14-11(16)17)8-2-3-13-4-9(8)12/h5,8-9,13-14H,2-4,6H2,1H3,(H,16,17)/t8-,9+,12+/m1/s1. The molecule has 3 N–H and O–H groups in total. The number of nitrogens with one attached hydrogen (secondary N) is 2. The van der Waals surface area contributed by atoms with Gasteiger partial charge in [0.1, 0.15) is 5.01 Å². The van der Waals surface area contributed by atoms with E-state index in [0.29, 0.717) is 18.4 Å². The number of hydrogen-bond donors (Lipinski definition) is 3. The number of carbonyl (C=O) groups is 1. The molecule has 1 saturated heterocycles. The van der Waals surface area contributed by atoms with E-state index in [2.05, 4.69) is 21.0 Å². The van der Waals surface area contributed by atoms with Gasteiger partial charge in [-0.05, 0) is 38.3 Å². The number of rotatable bonds is 3. The van der Waals surface area contributed by atoms with Gasteiger partial charge in [-0.25, -0.2) is 9.78 Å². The minimum Gasteiger partial charge on any atom is -0.465 e. The Bertz CT molecular complexity index is 462. The Kier molecular flexibility index (Phi) is 2.79. The van der Waals surface area contributed by atoms with Crippen molar-refractivity contribution in [1.82, 2.24) is 15.6 Å². The van der Waals surface area contributed by atoms with E-state index in [0.717, 1.165) is 30.2 Å². The first-order valence-electron chi connectivity index (χ1n) is 6.24. The molecule has 1 aromatic rings. The fourth-order valence-corrected chi connectivity index (χ4v) is 4.47. The highest BCUT2D eigenvalue weighted by atomic mass is 32.1. The molecule has 18 heavy (non-hydrogen) atoms. The van der Waals surface area contributed by atoms with Gasteiger partial charge in [0, 0.05) is 23.0 Å². The van der Waals surface area contributed by atoms with E-state index >= 15 is 0 Å². The van der Waals surface area contributed by atoms with Crippen molar-refractivity contribution >= 4 is 17.4 Å². The Morgan fingerprint density at radius 1 is 1.72 bits per heavy atom. The van der Waals surface area contributed by atoms with Crippen LogP contribution < -0.4 is 10.6 Å². The van der Waals surface area contributed by atoms with Crippen LogP contribution in [0.3, 0.4) is 0 Å². The molecular weight excluding hydrogens is 250 g/mol. The van der Waals surface area contributed by atoms with Crippen molar-refractivity contribution in [2.45, 2.75) is 18.8 Å². The molecular formula is C12H17N3O2S. The van der Waals surface area contributed by atoms with Crippen molar-refractivity contribution < 1.29 is 9.90 Å². The molecule has 98 valence electrons. The van der Waals surface area contributed by atoms with E-state index in [9.17, 15) is 4.79 Å². The first-order chi connectivity index (χ1) is 8.64. The molecule has 2 aliphatic rings. The van der Waals surface area contributed by atoms with Crippen LogP contribution in [0.15, 0.2) is 5.38 Å². The summed E-state index contributed by atoms with van der Waals surface area (Å²) in [5, 5.41) is 18.0.